The molecule has 18 heavy (non-hydrogen) atoms. The maximum atomic E-state index is 11.4. The third kappa shape index (κ3) is 3.69. The van der Waals surface area contributed by atoms with E-state index in [0.717, 1.165) is 11.1 Å². The highest BCUT2D eigenvalue weighted by Gasteiger charge is 2.16. The van der Waals surface area contributed by atoms with Crippen molar-refractivity contribution in [3.63, 3.8) is 0 Å². The largest absolute Gasteiger partial charge is 0.509 e. The molecule has 0 fully saturated rings. The summed E-state index contributed by atoms with van der Waals surface area (Å²) in [6, 6.07) is 7.51. The summed E-state index contributed by atoms with van der Waals surface area (Å²) in [5.41, 5.74) is 8.50. The zero-order valence-electron chi connectivity index (χ0n) is 10.4. The molecule has 0 spiro atoms. The van der Waals surface area contributed by atoms with E-state index >= 15 is 0 Å². The van der Waals surface area contributed by atoms with Gasteiger partial charge in [-0.1, -0.05) is 29.8 Å². The molecular formula is C13H16N2O3. The average Bonchev–Trinajstić information content (AvgIpc) is 2.33. The van der Waals surface area contributed by atoms with Crippen LogP contribution in [0, 0.1) is 12.5 Å². The summed E-state index contributed by atoms with van der Waals surface area (Å²) in [5, 5.41) is 12.8. The van der Waals surface area contributed by atoms with Gasteiger partial charge in [0.2, 0.25) is 5.70 Å². The van der Waals surface area contributed by atoms with Gasteiger partial charge in [0.25, 0.3) is 0 Å². The van der Waals surface area contributed by atoms with Crippen LogP contribution in [0.25, 0.3) is 0 Å². The van der Waals surface area contributed by atoms with Crippen molar-refractivity contribution in [2.45, 2.75) is 20.3 Å². The van der Waals surface area contributed by atoms with E-state index in [1.807, 2.05) is 31.2 Å². The molecule has 0 aliphatic carbocycles. The number of carbonyl (C=O) groups excluding carboxylic acids is 1. The predicted octanol–water partition coefficient (Wildman–Crippen LogP) is 2.90. The molecule has 0 heterocycles. The van der Waals surface area contributed by atoms with Crippen LogP contribution >= 0.6 is 0 Å². The van der Waals surface area contributed by atoms with Crippen LogP contribution in [-0.2, 0) is 16.0 Å². The lowest BCUT2D eigenvalue weighted by atomic mass is 10.1. The molecule has 0 aliphatic rings. The third-order valence-electron chi connectivity index (χ3n) is 2.35. The van der Waals surface area contributed by atoms with Gasteiger partial charge in [-0.15, -0.1) is 5.11 Å². The minimum absolute atomic E-state index is 0.150. The Morgan fingerprint density at radius 3 is 2.50 bits per heavy atom. The van der Waals surface area contributed by atoms with Crippen molar-refractivity contribution in [2.75, 3.05) is 6.61 Å². The molecule has 5 heteroatoms. The van der Waals surface area contributed by atoms with Gasteiger partial charge >= 0.3 is 5.97 Å². The molecule has 0 amide bonds. The zero-order valence-corrected chi connectivity index (χ0v) is 10.4. The van der Waals surface area contributed by atoms with E-state index in [-0.39, 0.29) is 24.5 Å². The number of nitrogens with one attached hydrogen (secondary N) is 1. The topological polar surface area (TPSA) is 82.7 Å². The van der Waals surface area contributed by atoms with Crippen LogP contribution in [0.5, 0.6) is 0 Å². The summed E-state index contributed by atoms with van der Waals surface area (Å²) in [7, 11) is 0. The number of ether oxygens (including phenoxy) is 1. The molecule has 1 aromatic carbocycles. The molecule has 0 saturated heterocycles. The highest BCUT2D eigenvalue weighted by molar-refractivity contribution is 5.88. The number of aryl methyl sites for hydroxylation is 1. The van der Waals surface area contributed by atoms with E-state index in [1.54, 1.807) is 6.92 Å². The highest BCUT2D eigenvalue weighted by Crippen LogP contribution is 2.13. The molecule has 5 nitrogen and oxygen atoms in total. The normalized spacial score (nSPS) is 11.7. The minimum atomic E-state index is -0.780. The summed E-state index contributed by atoms with van der Waals surface area (Å²) in [6.45, 7) is 3.79. The predicted molar refractivity (Wildman–Crippen MR) is 66.3 cm³/mol. The van der Waals surface area contributed by atoms with E-state index in [9.17, 15) is 9.90 Å². The molecule has 0 aromatic heterocycles. The fourth-order valence-corrected chi connectivity index (χ4v) is 1.41. The van der Waals surface area contributed by atoms with Crippen LogP contribution in [0.1, 0.15) is 18.1 Å². The van der Waals surface area contributed by atoms with Crippen molar-refractivity contribution in [3.05, 3.63) is 46.8 Å². The second kappa shape index (κ2) is 6.54. The number of carbonyl (C=O) groups is 1. The van der Waals surface area contributed by atoms with Gasteiger partial charge in [0.1, 0.15) is 5.76 Å². The first kappa shape index (κ1) is 13.9. The lowest BCUT2D eigenvalue weighted by Crippen LogP contribution is -2.09. The number of hydrogen-bond donors (Lipinski definition) is 2. The summed E-state index contributed by atoms with van der Waals surface area (Å²) < 4.78 is 4.70. The van der Waals surface area contributed by atoms with Crippen LogP contribution in [-0.4, -0.2) is 17.7 Å². The molecule has 96 valence electrons. The molecule has 0 saturated carbocycles. The fraction of sp³-hybridized carbons (Fsp3) is 0.308. The van der Waals surface area contributed by atoms with Crippen molar-refractivity contribution in [3.8, 4) is 0 Å². The minimum Gasteiger partial charge on any atom is -0.509 e. The first-order valence-electron chi connectivity index (χ1n) is 5.60. The van der Waals surface area contributed by atoms with Crippen molar-refractivity contribution in [1.29, 1.82) is 5.53 Å². The summed E-state index contributed by atoms with van der Waals surface area (Å²) in [5.74, 6) is -1.04. The van der Waals surface area contributed by atoms with E-state index in [1.165, 1.54) is 0 Å². The number of rotatable bonds is 5. The summed E-state index contributed by atoms with van der Waals surface area (Å²) in [4.78, 5) is 11.4. The Balaban J connectivity index is 2.89. The van der Waals surface area contributed by atoms with Gasteiger partial charge in [0.05, 0.1) is 6.61 Å². The molecule has 0 radical (unpaired) electrons. The van der Waals surface area contributed by atoms with E-state index in [4.69, 9.17) is 10.3 Å². The Morgan fingerprint density at radius 1 is 1.39 bits per heavy atom. The van der Waals surface area contributed by atoms with Gasteiger partial charge < -0.3 is 9.84 Å². The van der Waals surface area contributed by atoms with Crippen molar-refractivity contribution in [1.82, 2.24) is 0 Å². The molecule has 1 aromatic rings. The Kier molecular flexibility index (Phi) is 5.05. The highest BCUT2D eigenvalue weighted by atomic mass is 16.5. The number of esters is 1. The first-order chi connectivity index (χ1) is 8.58. The number of hydrogen-bond acceptors (Lipinski definition) is 5. The molecule has 2 N–H and O–H groups in total. The number of benzene rings is 1. The van der Waals surface area contributed by atoms with Gasteiger partial charge in [-0.2, -0.15) is 0 Å². The third-order valence-corrected chi connectivity index (χ3v) is 2.35. The molecule has 0 aliphatic heterocycles. The Hall–Kier alpha value is -2.17. The molecule has 0 atom stereocenters. The van der Waals surface area contributed by atoms with E-state index in [0.29, 0.717) is 0 Å². The lowest BCUT2D eigenvalue weighted by Gasteiger charge is -2.05. The maximum Gasteiger partial charge on any atom is 0.362 e. The van der Waals surface area contributed by atoms with Crippen molar-refractivity contribution >= 4 is 5.97 Å². The Labute approximate surface area is 106 Å². The molecule has 1 rings (SSSR count). The number of nitrogens with zero attached hydrogens (tertiary/aromatic N) is 1. The molecule has 0 unspecified atom stereocenters. The first-order valence-corrected chi connectivity index (χ1v) is 5.60. The van der Waals surface area contributed by atoms with Gasteiger partial charge in [-0.3, -0.25) is 0 Å². The SMILES string of the molecule is CCOC(=O)C(N=N)=C(O)Cc1ccc(C)cc1. The number of allylic oxidation sites excluding steroid dienone is 1. The molecular weight excluding hydrogens is 232 g/mol. The average molecular weight is 248 g/mol. The van der Waals surface area contributed by atoms with Gasteiger partial charge in [0, 0.05) is 6.42 Å². The van der Waals surface area contributed by atoms with Crippen LogP contribution in [0.15, 0.2) is 40.8 Å². The number of aliphatic hydroxyl groups is 1. The zero-order chi connectivity index (χ0) is 13.5. The van der Waals surface area contributed by atoms with Crippen LogP contribution in [0.2, 0.25) is 0 Å². The van der Waals surface area contributed by atoms with Gasteiger partial charge in [-0.05, 0) is 19.4 Å². The number of aliphatic hydroxyl groups excluding tert-OH is 1. The second-order valence-corrected chi connectivity index (χ2v) is 3.79. The maximum absolute atomic E-state index is 11.4. The van der Waals surface area contributed by atoms with Crippen molar-refractivity contribution < 1.29 is 14.6 Å². The van der Waals surface area contributed by atoms with Gasteiger partial charge in [-0.25, -0.2) is 10.3 Å². The van der Waals surface area contributed by atoms with Crippen LogP contribution in [0.3, 0.4) is 0 Å². The fourth-order valence-electron chi connectivity index (χ4n) is 1.41. The van der Waals surface area contributed by atoms with Crippen LogP contribution in [0.4, 0.5) is 0 Å². The Bertz CT molecular complexity index is 464. The van der Waals surface area contributed by atoms with Crippen LogP contribution < -0.4 is 0 Å². The van der Waals surface area contributed by atoms with Gasteiger partial charge in [0.15, 0.2) is 0 Å². The lowest BCUT2D eigenvalue weighted by molar-refractivity contribution is -0.138. The summed E-state index contributed by atoms with van der Waals surface area (Å²) >= 11 is 0. The van der Waals surface area contributed by atoms with E-state index < -0.39 is 5.97 Å². The smallest absolute Gasteiger partial charge is 0.362 e. The second-order valence-electron chi connectivity index (χ2n) is 3.79. The molecule has 0 bridgehead atoms. The van der Waals surface area contributed by atoms with E-state index in [2.05, 4.69) is 5.11 Å². The summed E-state index contributed by atoms with van der Waals surface area (Å²) in [6.07, 6.45) is 0.150. The standard InChI is InChI=1S/C13H16N2O3/c1-3-18-13(17)12(15-14)11(16)8-10-6-4-9(2)5-7-10/h4-7,14,16H,3,8H2,1-2H3. The Morgan fingerprint density at radius 2 is 2.00 bits per heavy atom. The van der Waals surface area contributed by atoms with Crippen molar-refractivity contribution in [2.24, 2.45) is 5.11 Å². The quantitative estimate of drug-likeness (QED) is 0.364. The monoisotopic (exact) mass is 248 g/mol.